The lowest BCUT2D eigenvalue weighted by Gasteiger charge is -2.25. The van der Waals surface area contributed by atoms with E-state index in [1.165, 1.54) is 19.6 Å². The predicted molar refractivity (Wildman–Crippen MR) is 111 cm³/mol. The van der Waals surface area contributed by atoms with Gasteiger partial charge >= 0.3 is 0 Å². The van der Waals surface area contributed by atoms with Crippen LogP contribution < -0.4 is 14.2 Å². The molecule has 1 aliphatic rings. The molecule has 1 N–H and O–H groups in total. The van der Waals surface area contributed by atoms with Gasteiger partial charge < -0.3 is 19.3 Å². The maximum Gasteiger partial charge on any atom is 0.161 e. The highest BCUT2D eigenvalue weighted by Gasteiger charge is 2.30. The van der Waals surface area contributed by atoms with E-state index in [-0.39, 0.29) is 12.4 Å². The van der Waals surface area contributed by atoms with Crippen molar-refractivity contribution in [1.82, 2.24) is 4.90 Å². The predicted octanol–water partition coefficient (Wildman–Crippen LogP) is 3.31. The van der Waals surface area contributed by atoms with Gasteiger partial charge in [-0.25, -0.2) is 0 Å². The summed E-state index contributed by atoms with van der Waals surface area (Å²) in [6, 6.07) is 13.6. The third kappa shape index (κ3) is 5.95. The molecule has 156 valence electrons. The fourth-order valence-corrected chi connectivity index (χ4v) is 3.26. The zero-order chi connectivity index (χ0) is 20.8. The summed E-state index contributed by atoms with van der Waals surface area (Å²) < 4.78 is 16.3. The lowest BCUT2D eigenvalue weighted by atomic mass is 10.1. The number of ketones is 1. The van der Waals surface area contributed by atoms with E-state index in [9.17, 15) is 9.90 Å². The maximum atomic E-state index is 11.5. The zero-order valence-corrected chi connectivity index (χ0v) is 17.3. The SMILES string of the molecule is COc1ccc(CN(CC(O)COc2ccc(C(C)=O)cc2OC)C2CC2)cc1. The Morgan fingerprint density at radius 2 is 1.83 bits per heavy atom. The van der Waals surface area contributed by atoms with Gasteiger partial charge in [-0.1, -0.05) is 12.1 Å². The number of hydrogen-bond acceptors (Lipinski definition) is 6. The number of aliphatic hydroxyl groups excluding tert-OH is 1. The minimum atomic E-state index is -0.633. The Kier molecular flexibility index (Phi) is 7.12. The van der Waals surface area contributed by atoms with Gasteiger partial charge in [0.2, 0.25) is 0 Å². The van der Waals surface area contributed by atoms with Crippen LogP contribution in [0.5, 0.6) is 17.2 Å². The zero-order valence-electron chi connectivity index (χ0n) is 17.3. The largest absolute Gasteiger partial charge is 0.497 e. The molecule has 2 aromatic carbocycles. The molecule has 3 rings (SSSR count). The Morgan fingerprint density at radius 3 is 2.41 bits per heavy atom. The average molecular weight is 399 g/mol. The van der Waals surface area contributed by atoms with Crippen molar-refractivity contribution in [3.8, 4) is 17.2 Å². The van der Waals surface area contributed by atoms with Crippen LogP contribution in [0.3, 0.4) is 0 Å². The highest BCUT2D eigenvalue weighted by Crippen LogP contribution is 2.30. The van der Waals surface area contributed by atoms with E-state index in [1.54, 1.807) is 25.3 Å². The standard InChI is InChI=1S/C23H29NO5/c1-16(25)18-6-11-22(23(12-18)28-3)29-15-20(26)14-24(19-7-8-19)13-17-4-9-21(27-2)10-5-17/h4-6,9-12,19-20,26H,7-8,13-15H2,1-3H3. The Balaban J connectivity index is 1.56. The van der Waals surface area contributed by atoms with Gasteiger partial charge in [0.25, 0.3) is 0 Å². The average Bonchev–Trinajstić information content (AvgIpc) is 3.57. The minimum absolute atomic E-state index is 0.0338. The van der Waals surface area contributed by atoms with E-state index in [0.29, 0.717) is 29.6 Å². The first kappa shape index (κ1) is 21.1. The van der Waals surface area contributed by atoms with Crippen molar-refractivity contribution in [2.75, 3.05) is 27.4 Å². The number of carbonyl (C=O) groups is 1. The molecule has 1 saturated carbocycles. The molecule has 0 aromatic heterocycles. The Bertz CT molecular complexity index is 817. The van der Waals surface area contributed by atoms with Gasteiger partial charge in [-0.15, -0.1) is 0 Å². The van der Waals surface area contributed by atoms with Crippen LogP contribution in [0.15, 0.2) is 42.5 Å². The maximum absolute atomic E-state index is 11.5. The molecule has 0 amide bonds. The van der Waals surface area contributed by atoms with E-state index < -0.39 is 6.10 Å². The van der Waals surface area contributed by atoms with Gasteiger partial charge in [-0.3, -0.25) is 9.69 Å². The molecule has 6 nitrogen and oxygen atoms in total. The highest BCUT2D eigenvalue weighted by atomic mass is 16.5. The number of nitrogens with zero attached hydrogens (tertiary/aromatic N) is 1. The van der Waals surface area contributed by atoms with Gasteiger partial charge in [0.05, 0.1) is 14.2 Å². The Morgan fingerprint density at radius 1 is 1.10 bits per heavy atom. The number of carbonyl (C=O) groups excluding carboxylic acids is 1. The highest BCUT2D eigenvalue weighted by molar-refractivity contribution is 5.94. The number of ether oxygens (including phenoxy) is 3. The second-order valence-electron chi connectivity index (χ2n) is 7.40. The summed E-state index contributed by atoms with van der Waals surface area (Å²) in [7, 11) is 3.19. The quantitative estimate of drug-likeness (QED) is 0.585. The molecule has 0 radical (unpaired) electrons. The van der Waals surface area contributed by atoms with Crippen LogP contribution >= 0.6 is 0 Å². The number of hydrogen-bond donors (Lipinski definition) is 1. The third-order valence-corrected chi connectivity index (χ3v) is 5.05. The molecule has 1 unspecified atom stereocenters. The molecule has 6 heteroatoms. The topological polar surface area (TPSA) is 68.2 Å². The molecule has 1 aliphatic carbocycles. The molecule has 0 spiro atoms. The van der Waals surface area contributed by atoms with Crippen molar-refractivity contribution in [2.24, 2.45) is 0 Å². The molecule has 0 saturated heterocycles. The number of Topliss-reactive ketones (excluding diaryl/α,β-unsaturated/α-hetero) is 1. The molecule has 29 heavy (non-hydrogen) atoms. The molecular weight excluding hydrogens is 370 g/mol. The molecular formula is C23H29NO5. The van der Waals surface area contributed by atoms with Crippen LogP contribution in [0.1, 0.15) is 35.7 Å². The first-order valence-corrected chi connectivity index (χ1v) is 9.87. The first-order chi connectivity index (χ1) is 14.0. The van der Waals surface area contributed by atoms with Crippen molar-refractivity contribution in [2.45, 2.75) is 38.5 Å². The van der Waals surface area contributed by atoms with Gasteiger partial charge in [0, 0.05) is 24.7 Å². The van der Waals surface area contributed by atoms with E-state index in [4.69, 9.17) is 14.2 Å². The summed E-state index contributed by atoms with van der Waals surface area (Å²) in [5, 5.41) is 10.5. The monoisotopic (exact) mass is 399 g/mol. The molecule has 0 bridgehead atoms. The van der Waals surface area contributed by atoms with Crippen molar-refractivity contribution in [3.63, 3.8) is 0 Å². The fraction of sp³-hybridized carbons (Fsp3) is 0.435. The molecule has 0 aliphatic heterocycles. The van der Waals surface area contributed by atoms with E-state index in [0.717, 1.165) is 25.1 Å². The summed E-state index contributed by atoms with van der Waals surface area (Å²) in [6.45, 7) is 2.98. The Hall–Kier alpha value is -2.57. The Labute approximate surface area is 172 Å². The van der Waals surface area contributed by atoms with Crippen LogP contribution in [0.2, 0.25) is 0 Å². The van der Waals surface area contributed by atoms with Gasteiger partial charge in [0.15, 0.2) is 17.3 Å². The van der Waals surface area contributed by atoms with Crippen molar-refractivity contribution < 1.29 is 24.1 Å². The summed E-state index contributed by atoms with van der Waals surface area (Å²) in [6.07, 6.45) is 1.68. The number of methoxy groups -OCH3 is 2. The van der Waals surface area contributed by atoms with Crippen LogP contribution in [0.4, 0.5) is 0 Å². The van der Waals surface area contributed by atoms with Crippen molar-refractivity contribution in [1.29, 1.82) is 0 Å². The van der Waals surface area contributed by atoms with Crippen LogP contribution in [-0.2, 0) is 6.54 Å². The molecule has 1 atom stereocenters. The normalized spacial score (nSPS) is 14.5. The summed E-state index contributed by atoms with van der Waals surface area (Å²) in [5.74, 6) is 1.81. The number of aliphatic hydroxyl groups is 1. The van der Waals surface area contributed by atoms with Gasteiger partial charge in [-0.05, 0) is 55.7 Å². The smallest absolute Gasteiger partial charge is 0.161 e. The molecule has 2 aromatic rings. The van der Waals surface area contributed by atoms with Crippen molar-refractivity contribution >= 4 is 5.78 Å². The summed E-state index contributed by atoms with van der Waals surface area (Å²) >= 11 is 0. The lowest BCUT2D eigenvalue weighted by Crippen LogP contribution is -2.36. The van der Waals surface area contributed by atoms with E-state index >= 15 is 0 Å². The summed E-state index contributed by atoms with van der Waals surface area (Å²) in [5.41, 5.74) is 1.75. The van der Waals surface area contributed by atoms with Gasteiger partial charge in [0.1, 0.15) is 18.5 Å². The van der Waals surface area contributed by atoms with Gasteiger partial charge in [-0.2, -0.15) is 0 Å². The van der Waals surface area contributed by atoms with Crippen molar-refractivity contribution in [3.05, 3.63) is 53.6 Å². The first-order valence-electron chi connectivity index (χ1n) is 9.87. The number of benzene rings is 2. The second-order valence-corrected chi connectivity index (χ2v) is 7.40. The lowest BCUT2D eigenvalue weighted by molar-refractivity contribution is 0.0617. The minimum Gasteiger partial charge on any atom is -0.497 e. The third-order valence-electron chi connectivity index (χ3n) is 5.05. The fourth-order valence-electron chi connectivity index (χ4n) is 3.26. The van der Waals surface area contributed by atoms with Crippen LogP contribution in [0, 0.1) is 0 Å². The van der Waals surface area contributed by atoms with Crippen LogP contribution in [0.25, 0.3) is 0 Å². The molecule has 1 fully saturated rings. The number of rotatable bonds is 11. The molecule has 0 heterocycles. The summed E-state index contributed by atoms with van der Waals surface area (Å²) in [4.78, 5) is 13.8. The van der Waals surface area contributed by atoms with Crippen LogP contribution in [-0.4, -0.2) is 55.3 Å². The second kappa shape index (κ2) is 9.76. The van der Waals surface area contributed by atoms with E-state index in [1.807, 2.05) is 12.1 Å². The van der Waals surface area contributed by atoms with E-state index in [2.05, 4.69) is 17.0 Å².